The van der Waals surface area contributed by atoms with Crippen LogP contribution in [0.25, 0.3) is 0 Å². The summed E-state index contributed by atoms with van der Waals surface area (Å²) in [7, 11) is 0. The zero-order valence-corrected chi connectivity index (χ0v) is 34.6. The van der Waals surface area contributed by atoms with Crippen molar-refractivity contribution in [2.75, 3.05) is 26.3 Å². The lowest BCUT2D eigenvalue weighted by Gasteiger charge is -2.16. The fraction of sp³-hybridized carbons (Fsp3) is 0.909. The van der Waals surface area contributed by atoms with Gasteiger partial charge in [-0.3, -0.25) is 19.2 Å². The van der Waals surface area contributed by atoms with Crippen molar-refractivity contribution in [3.05, 3.63) is 0 Å². The third kappa shape index (κ3) is 32.5. The van der Waals surface area contributed by atoms with E-state index in [1.165, 1.54) is 57.8 Å². The maximum Gasteiger partial charge on any atom is 0.308 e. The van der Waals surface area contributed by atoms with Crippen LogP contribution in [0.3, 0.4) is 0 Å². The van der Waals surface area contributed by atoms with Gasteiger partial charge in [-0.2, -0.15) is 0 Å². The van der Waals surface area contributed by atoms with Crippen LogP contribution in [0.5, 0.6) is 0 Å². The van der Waals surface area contributed by atoms with Crippen LogP contribution < -0.4 is 10.6 Å². The molecule has 2 amide bonds. The Labute approximate surface area is 320 Å². The Kier molecular flexibility index (Phi) is 37.0. The number of carbonyl (C=O) groups excluding carboxylic acids is 4. The fourth-order valence-corrected chi connectivity index (χ4v) is 6.73. The molecule has 0 spiro atoms. The lowest BCUT2D eigenvalue weighted by atomic mass is 9.94. The van der Waals surface area contributed by atoms with Gasteiger partial charge in [0.05, 0.1) is 31.6 Å². The fourth-order valence-electron chi connectivity index (χ4n) is 6.73. The lowest BCUT2D eigenvalue weighted by Crippen LogP contribution is -2.37. The van der Waals surface area contributed by atoms with Gasteiger partial charge in [-0.15, -0.1) is 0 Å². The summed E-state index contributed by atoms with van der Waals surface area (Å²) in [5, 5.41) is 5.63. The van der Waals surface area contributed by atoms with E-state index in [1.807, 2.05) is 0 Å². The Morgan fingerprint density at radius 2 is 0.808 bits per heavy atom. The summed E-state index contributed by atoms with van der Waals surface area (Å²) < 4.78 is 11.3. The zero-order valence-electron chi connectivity index (χ0n) is 34.6. The summed E-state index contributed by atoms with van der Waals surface area (Å²) in [5.74, 6) is -0.117. The first-order chi connectivity index (χ1) is 25.4. The first-order valence-electron chi connectivity index (χ1n) is 22.3. The van der Waals surface area contributed by atoms with E-state index in [1.54, 1.807) is 0 Å². The predicted octanol–water partition coefficient (Wildman–Crippen LogP) is 11.3. The van der Waals surface area contributed by atoms with Crippen LogP contribution in [0.1, 0.15) is 220 Å². The molecule has 0 aromatic carbocycles. The molecule has 8 heteroatoms. The molecule has 0 saturated heterocycles. The standard InChI is InChI=1S/C44H84N2O6/c1-5-9-12-14-18-25-33-40(32-24-13-10-6-2)44(50)52-37-28-21-16-15-20-27-35-45-42(48)38-46-41(47)34-26-19-17-22-29-36-51-43(49)39(30-8-4)31-23-11-7-3/h39-40H,5-38H2,1-4H3,(H,45,48)(H,46,47). The van der Waals surface area contributed by atoms with E-state index in [9.17, 15) is 19.2 Å². The molecule has 0 bridgehead atoms. The van der Waals surface area contributed by atoms with Gasteiger partial charge in [0.25, 0.3) is 0 Å². The molecule has 2 N–H and O–H groups in total. The van der Waals surface area contributed by atoms with Gasteiger partial charge in [0, 0.05) is 13.0 Å². The average Bonchev–Trinajstić information content (AvgIpc) is 3.14. The van der Waals surface area contributed by atoms with E-state index in [4.69, 9.17) is 9.47 Å². The van der Waals surface area contributed by atoms with Gasteiger partial charge < -0.3 is 20.1 Å². The molecule has 8 nitrogen and oxygen atoms in total. The van der Waals surface area contributed by atoms with Crippen molar-refractivity contribution in [1.29, 1.82) is 0 Å². The van der Waals surface area contributed by atoms with Crippen molar-refractivity contribution in [3.8, 4) is 0 Å². The van der Waals surface area contributed by atoms with E-state index < -0.39 is 0 Å². The van der Waals surface area contributed by atoms with Crippen LogP contribution in [-0.4, -0.2) is 50.1 Å². The molecule has 0 rings (SSSR count). The highest BCUT2D eigenvalue weighted by Crippen LogP contribution is 2.21. The van der Waals surface area contributed by atoms with Gasteiger partial charge >= 0.3 is 11.9 Å². The molecular formula is C44H84N2O6. The number of hydrogen-bond acceptors (Lipinski definition) is 6. The highest BCUT2D eigenvalue weighted by molar-refractivity contribution is 5.84. The Balaban J connectivity index is 3.78. The van der Waals surface area contributed by atoms with Crippen LogP contribution >= 0.6 is 0 Å². The first kappa shape index (κ1) is 49.9. The monoisotopic (exact) mass is 737 g/mol. The second-order valence-corrected chi connectivity index (χ2v) is 15.2. The van der Waals surface area contributed by atoms with Crippen molar-refractivity contribution in [3.63, 3.8) is 0 Å². The summed E-state index contributed by atoms with van der Waals surface area (Å²) >= 11 is 0. The zero-order chi connectivity index (χ0) is 38.3. The molecular weight excluding hydrogens is 652 g/mol. The number of carbonyl (C=O) groups is 4. The molecule has 2 unspecified atom stereocenters. The van der Waals surface area contributed by atoms with Crippen LogP contribution in [0.15, 0.2) is 0 Å². The van der Waals surface area contributed by atoms with Crippen molar-refractivity contribution in [2.45, 2.75) is 220 Å². The minimum atomic E-state index is -0.142. The largest absolute Gasteiger partial charge is 0.465 e. The maximum absolute atomic E-state index is 12.8. The first-order valence-corrected chi connectivity index (χ1v) is 22.3. The molecule has 0 radical (unpaired) electrons. The molecule has 306 valence electrons. The average molecular weight is 737 g/mol. The predicted molar refractivity (Wildman–Crippen MR) is 216 cm³/mol. The van der Waals surface area contributed by atoms with Crippen molar-refractivity contribution < 1.29 is 28.7 Å². The Morgan fingerprint density at radius 1 is 0.404 bits per heavy atom. The number of rotatable bonds is 39. The van der Waals surface area contributed by atoms with Gasteiger partial charge in [-0.1, -0.05) is 163 Å². The molecule has 0 saturated carbocycles. The third-order valence-electron chi connectivity index (χ3n) is 10.1. The molecule has 0 fully saturated rings. The van der Waals surface area contributed by atoms with Gasteiger partial charge in [0.1, 0.15) is 0 Å². The Hall–Kier alpha value is -2.12. The topological polar surface area (TPSA) is 111 Å². The molecule has 2 atom stereocenters. The highest BCUT2D eigenvalue weighted by Gasteiger charge is 2.20. The Morgan fingerprint density at radius 3 is 1.35 bits per heavy atom. The molecule has 0 aromatic rings. The number of amides is 2. The van der Waals surface area contributed by atoms with Crippen molar-refractivity contribution in [2.24, 2.45) is 11.8 Å². The Bertz CT molecular complexity index is 851. The third-order valence-corrected chi connectivity index (χ3v) is 10.1. The van der Waals surface area contributed by atoms with E-state index in [0.29, 0.717) is 26.2 Å². The van der Waals surface area contributed by atoms with Crippen LogP contribution in [0.2, 0.25) is 0 Å². The van der Waals surface area contributed by atoms with E-state index in [2.05, 4.69) is 38.3 Å². The van der Waals surface area contributed by atoms with E-state index >= 15 is 0 Å². The molecule has 0 aromatic heterocycles. The summed E-state index contributed by atoms with van der Waals surface area (Å²) in [6.45, 7) is 10.4. The number of esters is 2. The molecule has 0 aliphatic heterocycles. The summed E-state index contributed by atoms with van der Waals surface area (Å²) in [6, 6.07) is 0. The minimum absolute atomic E-state index is 0.0216. The second kappa shape index (κ2) is 38.6. The number of unbranched alkanes of at least 4 members (excludes halogenated alkanes) is 19. The smallest absolute Gasteiger partial charge is 0.308 e. The normalized spacial score (nSPS) is 12.3. The summed E-state index contributed by atoms with van der Waals surface area (Å²) in [5.41, 5.74) is 0. The number of nitrogens with one attached hydrogen (secondary N) is 2. The van der Waals surface area contributed by atoms with Gasteiger partial charge in [-0.25, -0.2) is 0 Å². The second-order valence-electron chi connectivity index (χ2n) is 15.2. The van der Waals surface area contributed by atoms with Crippen molar-refractivity contribution >= 4 is 23.8 Å². The van der Waals surface area contributed by atoms with Crippen LogP contribution in [-0.2, 0) is 28.7 Å². The highest BCUT2D eigenvalue weighted by atomic mass is 16.5. The summed E-state index contributed by atoms with van der Waals surface area (Å²) in [4.78, 5) is 49.4. The quantitative estimate of drug-likeness (QED) is 0.0480. The SMILES string of the molecule is CCCCCCCCC(CCCCCC)C(=O)OCCCCCCCCNC(=O)CNC(=O)CCCCCCCOC(=O)C(CCC)CCCCC. The molecule has 52 heavy (non-hydrogen) atoms. The van der Waals surface area contributed by atoms with Gasteiger partial charge in [0.2, 0.25) is 11.8 Å². The summed E-state index contributed by atoms with van der Waals surface area (Å²) in [6.07, 6.45) is 31.7. The molecule has 0 heterocycles. The van der Waals surface area contributed by atoms with Crippen LogP contribution in [0.4, 0.5) is 0 Å². The maximum atomic E-state index is 12.8. The number of hydrogen-bond donors (Lipinski definition) is 2. The van der Waals surface area contributed by atoms with Gasteiger partial charge in [0.15, 0.2) is 0 Å². The van der Waals surface area contributed by atoms with E-state index in [0.717, 1.165) is 128 Å². The van der Waals surface area contributed by atoms with E-state index in [-0.39, 0.29) is 42.1 Å². The van der Waals surface area contributed by atoms with Crippen molar-refractivity contribution in [1.82, 2.24) is 10.6 Å². The lowest BCUT2D eigenvalue weighted by molar-refractivity contribution is -0.150. The molecule has 0 aliphatic rings. The van der Waals surface area contributed by atoms with Gasteiger partial charge in [-0.05, 0) is 51.4 Å². The minimum Gasteiger partial charge on any atom is -0.465 e. The number of ether oxygens (including phenoxy) is 2. The van der Waals surface area contributed by atoms with Crippen LogP contribution in [0, 0.1) is 11.8 Å². The molecule has 0 aliphatic carbocycles.